The first-order valence-electron chi connectivity index (χ1n) is 7.12. The quantitative estimate of drug-likeness (QED) is 0.775. The van der Waals surface area contributed by atoms with Gasteiger partial charge in [0.25, 0.3) is 5.91 Å². The second-order valence-electron chi connectivity index (χ2n) is 5.01. The van der Waals surface area contributed by atoms with E-state index in [1.54, 1.807) is 49.4 Å². The minimum atomic E-state index is -0.315. The van der Waals surface area contributed by atoms with Crippen molar-refractivity contribution in [3.8, 4) is 0 Å². The van der Waals surface area contributed by atoms with Gasteiger partial charge in [-0.05, 0) is 24.3 Å². The van der Waals surface area contributed by atoms with Gasteiger partial charge >= 0.3 is 0 Å². The van der Waals surface area contributed by atoms with E-state index in [0.29, 0.717) is 22.7 Å². The van der Waals surface area contributed by atoms with Gasteiger partial charge in [0.15, 0.2) is 11.5 Å². The second kappa shape index (κ2) is 6.31. The standard InChI is InChI=1S/C17H15N3O3/c1-11-19-14-8-7-13(9-15(14)23-11)20-16(21)10-18-17(22)12-5-3-2-4-6-12/h2-9H,10H2,1H3,(H,18,22)(H,20,21). The molecule has 1 aromatic heterocycles. The van der Waals surface area contributed by atoms with Crippen LogP contribution in [-0.2, 0) is 4.79 Å². The highest BCUT2D eigenvalue weighted by Crippen LogP contribution is 2.19. The van der Waals surface area contributed by atoms with Crippen LogP contribution in [-0.4, -0.2) is 23.3 Å². The van der Waals surface area contributed by atoms with E-state index in [-0.39, 0.29) is 18.4 Å². The van der Waals surface area contributed by atoms with Crippen molar-refractivity contribution < 1.29 is 14.0 Å². The first kappa shape index (κ1) is 14.8. The number of carbonyl (C=O) groups excluding carboxylic acids is 2. The highest BCUT2D eigenvalue weighted by Gasteiger charge is 2.09. The van der Waals surface area contributed by atoms with Crippen LogP contribution in [0.5, 0.6) is 0 Å². The first-order chi connectivity index (χ1) is 11.1. The molecule has 6 nitrogen and oxygen atoms in total. The van der Waals surface area contributed by atoms with Crippen LogP contribution in [0.3, 0.4) is 0 Å². The number of aryl methyl sites for hydroxylation is 1. The Labute approximate surface area is 132 Å². The summed E-state index contributed by atoms with van der Waals surface area (Å²) in [5, 5.41) is 5.28. The van der Waals surface area contributed by atoms with Crippen LogP contribution in [0.4, 0.5) is 5.69 Å². The molecule has 3 rings (SSSR count). The average molecular weight is 309 g/mol. The molecule has 116 valence electrons. The van der Waals surface area contributed by atoms with Crippen LogP contribution in [0.1, 0.15) is 16.2 Å². The molecule has 0 aliphatic rings. The van der Waals surface area contributed by atoms with E-state index in [1.807, 2.05) is 6.07 Å². The first-order valence-corrected chi connectivity index (χ1v) is 7.12. The van der Waals surface area contributed by atoms with Gasteiger partial charge in [0.05, 0.1) is 6.54 Å². The Morgan fingerprint density at radius 1 is 1.13 bits per heavy atom. The van der Waals surface area contributed by atoms with Gasteiger partial charge in [-0.3, -0.25) is 9.59 Å². The van der Waals surface area contributed by atoms with Crippen molar-refractivity contribution in [3.63, 3.8) is 0 Å². The minimum Gasteiger partial charge on any atom is -0.441 e. The minimum absolute atomic E-state index is 0.110. The van der Waals surface area contributed by atoms with Crippen molar-refractivity contribution in [2.45, 2.75) is 6.92 Å². The lowest BCUT2D eigenvalue weighted by atomic mass is 10.2. The van der Waals surface area contributed by atoms with Crippen LogP contribution in [0.15, 0.2) is 52.9 Å². The molecule has 6 heteroatoms. The summed E-state index contributed by atoms with van der Waals surface area (Å²) in [7, 11) is 0. The molecule has 2 N–H and O–H groups in total. The smallest absolute Gasteiger partial charge is 0.251 e. The number of hydrogen-bond donors (Lipinski definition) is 2. The van der Waals surface area contributed by atoms with Crippen molar-refractivity contribution >= 4 is 28.6 Å². The third-order valence-electron chi connectivity index (χ3n) is 3.22. The topological polar surface area (TPSA) is 84.2 Å². The fraction of sp³-hybridized carbons (Fsp3) is 0.118. The number of hydrogen-bond acceptors (Lipinski definition) is 4. The zero-order chi connectivity index (χ0) is 16.2. The Kier molecular flexibility index (Phi) is 4.05. The summed E-state index contributed by atoms with van der Waals surface area (Å²) in [4.78, 5) is 28.0. The van der Waals surface area contributed by atoms with Crippen LogP contribution >= 0.6 is 0 Å². The summed E-state index contributed by atoms with van der Waals surface area (Å²) in [5.41, 5.74) is 2.44. The van der Waals surface area contributed by atoms with Crippen molar-refractivity contribution in [1.29, 1.82) is 0 Å². The van der Waals surface area contributed by atoms with E-state index in [9.17, 15) is 9.59 Å². The lowest BCUT2D eigenvalue weighted by molar-refractivity contribution is -0.115. The van der Waals surface area contributed by atoms with Crippen molar-refractivity contribution in [1.82, 2.24) is 10.3 Å². The molecule has 0 spiro atoms. The van der Waals surface area contributed by atoms with E-state index in [0.717, 1.165) is 5.52 Å². The molecule has 2 aromatic carbocycles. The predicted octanol–water partition coefficient (Wildman–Crippen LogP) is 2.50. The largest absolute Gasteiger partial charge is 0.441 e. The molecule has 0 aliphatic heterocycles. The van der Waals surface area contributed by atoms with E-state index in [1.165, 1.54) is 0 Å². The van der Waals surface area contributed by atoms with Gasteiger partial charge in [0.1, 0.15) is 5.52 Å². The molecule has 23 heavy (non-hydrogen) atoms. The Balaban J connectivity index is 1.59. The average Bonchev–Trinajstić information content (AvgIpc) is 2.92. The monoisotopic (exact) mass is 309 g/mol. The fourth-order valence-corrected chi connectivity index (χ4v) is 2.17. The zero-order valence-electron chi connectivity index (χ0n) is 12.5. The molecule has 0 saturated carbocycles. The summed E-state index contributed by atoms with van der Waals surface area (Å²) in [6.45, 7) is 1.65. The van der Waals surface area contributed by atoms with Gasteiger partial charge in [-0.25, -0.2) is 4.98 Å². The molecule has 3 aromatic rings. The van der Waals surface area contributed by atoms with Gasteiger partial charge in [-0.2, -0.15) is 0 Å². The summed E-state index contributed by atoms with van der Waals surface area (Å²) < 4.78 is 5.41. The van der Waals surface area contributed by atoms with Crippen molar-refractivity contribution in [2.75, 3.05) is 11.9 Å². The fourth-order valence-electron chi connectivity index (χ4n) is 2.17. The van der Waals surface area contributed by atoms with Crippen LogP contribution < -0.4 is 10.6 Å². The molecule has 0 atom stereocenters. The summed E-state index contributed by atoms with van der Waals surface area (Å²) in [6.07, 6.45) is 0. The van der Waals surface area contributed by atoms with Crippen LogP contribution in [0.2, 0.25) is 0 Å². The molecule has 0 radical (unpaired) electrons. The third kappa shape index (κ3) is 3.55. The molecule has 0 bridgehead atoms. The summed E-state index contributed by atoms with van der Waals surface area (Å²) in [6, 6.07) is 13.9. The van der Waals surface area contributed by atoms with Gasteiger partial charge in [0, 0.05) is 24.2 Å². The molecule has 1 heterocycles. The van der Waals surface area contributed by atoms with E-state index in [2.05, 4.69) is 15.6 Å². The number of fused-ring (bicyclic) bond motifs is 1. The van der Waals surface area contributed by atoms with E-state index < -0.39 is 0 Å². The number of rotatable bonds is 4. The lowest BCUT2D eigenvalue weighted by Crippen LogP contribution is -2.32. The zero-order valence-corrected chi connectivity index (χ0v) is 12.5. The number of aromatic nitrogens is 1. The van der Waals surface area contributed by atoms with Crippen LogP contribution in [0, 0.1) is 6.92 Å². The Bertz CT molecular complexity index is 856. The maximum Gasteiger partial charge on any atom is 0.251 e. The molecule has 0 fully saturated rings. The van der Waals surface area contributed by atoms with Crippen molar-refractivity contribution in [2.24, 2.45) is 0 Å². The van der Waals surface area contributed by atoms with Gasteiger partial charge in [-0.1, -0.05) is 18.2 Å². The Morgan fingerprint density at radius 2 is 1.91 bits per heavy atom. The molecule has 0 aliphatic carbocycles. The maximum absolute atomic E-state index is 11.9. The SMILES string of the molecule is Cc1nc2ccc(NC(=O)CNC(=O)c3ccccc3)cc2o1. The van der Waals surface area contributed by atoms with Crippen molar-refractivity contribution in [3.05, 3.63) is 60.0 Å². The number of nitrogens with zero attached hydrogens (tertiary/aromatic N) is 1. The van der Waals surface area contributed by atoms with E-state index in [4.69, 9.17) is 4.42 Å². The molecule has 2 amide bonds. The van der Waals surface area contributed by atoms with Gasteiger partial charge in [-0.15, -0.1) is 0 Å². The Morgan fingerprint density at radius 3 is 2.70 bits per heavy atom. The molecule has 0 unspecified atom stereocenters. The highest BCUT2D eigenvalue weighted by atomic mass is 16.3. The number of amides is 2. The normalized spacial score (nSPS) is 10.5. The second-order valence-corrected chi connectivity index (χ2v) is 5.01. The lowest BCUT2D eigenvalue weighted by Gasteiger charge is -2.07. The molecular formula is C17H15N3O3. The maximum atomic E-state index is 11.9. The molecular weight excluding hydrogens is 294 g/mol. The predicted molar refractivity (Wildman–Crippen MR) is 86.2 cm³/mol. The number of oxazole rings is 1. The third-order valence-corrected chi connectivity index (χ3v) is 3.22. The van der Waals surface area contributed by atoms with Gasteiger partial charge in [0.2, 0.25) is 5.91 Å². The number of benzene rings is 2. The number of anilines is 1. The molecule has 0 saturated heterocycles. The Hall–Kier alpha value is -3.15. The van der Waals surface area contributed by atoms with E-state index >= 15 is 0 Å². The summed E-state index contributed by atoms with van der Waals surface area (Å²) in [5.74, 6) is -0.0365. The number of nitrogens with one attached hydrogen (secondary N) is 2. The number of carbonyl (C=O) groups is 2. The highest BCUT2D eigenvalue weighted by molar-refractivity contribution is 5.99. The van der Waals surface area contributed by atoms with Crippen LogP contribution in [0.25, 0.3) is 11.1 Å². The van der Waals surface area contributed by atoms with Gasteiger partial charge < -0.3 is 15.1 Å². The summed E-state index contributed by atoms with van der Waals surface area (Å²) >= 11 is 0.